The topological polar surface area (TPSA) is 33.1 Å². The van der Waals surface area contributed by atoms with Gasteiger partial charge in [-0.25, -0.2) is 4.98 Å². The van der Waals surface area contributed by atoms with Gasteiger partial charge < -0.3 is 9.38 Å². The summed E-state index contributed by atoms with van der Waals surface area (Å²) >= 11 is 0. The number of fused-ring (bicyclic) bond motifs is 4. The van der Waals surface area contributed by atoms with Gasteiger partial charge in [-0.2, -0.15) is 0 Å². The molecule has 5 rings (SSSR count). The molecule has 0 aliphatic carbocycles. The van der Waals surface area contributed by atoms with Gasteiger partial charge in [-0.3, -0.25) is 0 Å². The second-order valence-corrected chi connectivity index (χ2v) is 5.91. The highest BCUT2D eigenvalue weighted by Crippen LogP contribution is 2.27. The van der Waals surface area contributed by atoms with Gasteiger partial charge in [0.25, 0.3) is 0 Å². The summed E-state index contributed by atoms with van der Waals surface area (Å²) in [5.41, 5.74) is 5.80. The van der Waals surface area contributed by atoms with Crippen LogP contribution in [0.1, 0.15) is 11.3 Å². The molecule has 3 heterocycles. The first-order chi connectivity index (χ1) is 11.4. The lowest BCUT2D eigenvalue weighted by atomic mass is 10.1. The summed E-state index contributed by atoms with van der Waals surface area (Å²) in [5.74, 6) is 0. The lowest BCUT2D eigenvalue weighted by Crippen LogP contribution is -1.94. The molecule has 0 saturated carbocycles. The van der Waals surface area contributed by atoms with Crippen LogP contribution in [0.15, 0.2) is 73.1 Å². The maximum absolute atomic E-state index is 4.60. The minimum atomic E-state index is 0.883. The third-order valence-electron chi connectivity index (χ3n) is 4.44. The van der Waals surface area contributed by atoms with E-state index in [-0.39, 0.29) is 0 Å². The van der Waals surface area contributed by atoms with Crippen LogP contribution in [0.3, 0.4) is 0 Å². The molecule has 110 valence electrons. The van der Waals surface area contributed by atoms with Gasteiger partial charge in [-0.1, -0.05) is 48.5 Å². The van der Waals surface area contributed by atoms with E-state index < -0.39 is 0 Å². The van der Waals surface area contributed by atoms with Crippen LogP contribution in [0.5, 0.6) is 0 Å². The zero-order valence-corrected chi connectivity index (χ0v) is 12.5. The van der Waals surface area contributed by atoms with Crippen LogP contribution in [0, 0.1) is 0 Å². The predicted molar refractivity (Wildman–Crippen MR) is 93.8 cm³/mol. The van der Waals surface area contributed by atoms with E-state index in [1.54, 1.807) is 0 Å². The molecule has 0 saturated heterocycles. The summed E-state index contributed by atoms with van der Waals surface area (Å²) in [6.07, 6.45) is 5.02. The number of para-hydroxylation sites is 1. The monoisotopic (exact) mass is 297 g/mol. The quantitative estimate of drug-likeness (QED) is 0.509. The summed E-state index contributed by atoms with van der Waals surface area (Å²) in [4.78, 5) is 8.10. The van der Waals surface area contributed by atoms with E-state index in [0.717, 1.165) is 17.6 Å². The zero-order valence-electron chi connectivity index (χ0n) is 12.5. The Morgan fingerprint density at radius 1 is 0.870 bits per heavy atom. The van der Waals surface area contributed by atoms with Gasteiger partial charge >= 0.3 is 0 Å². The van der Waals surface area contributed by atoms with E-state index in [1.807, 2.05) is 12.3 Å². The third-order valence-corrected chi connectivity index (χ3v) is 4.44. The minimum Gasteiger partial charge on any atom is -0.353 e. The zero-order chi connectivity index (χ0) is 15.2. The van der Waals surface area contributed by atoms with Crippen molar-refractivity contribution < 1.29 is 0 Å². The number of H-pyrrole nitrogens is 1. The normalized spacial score (nSPS) is 11.7. The second-order valence-electron chi connectivity index (χ2n) is 5.91. The number of benzene rings is 2. The van der Waals surface area contributed by atoms with Crippen molar-refractivity contribution in [3.63, 3.8) is 0 Å². The summed E-state index contributed by atoms with van der Waals surface area (Å²) < 4.78 is 2.19. The molecule has 0 amide bonds. The smallest absolute Gasteiger partial charge is 0.137 e. The molecule has 0 radical (unpaired) electrons. The molecule has 2 aromatic carbocycles. The number of aromatic amines is 1. The Morgan fingerprint density at radius 3 is 2.61 bits per heavy atom. The number of nitrogens with zero attached hydrogens (tertiary/aromatic N) is 2. The highest BCUT2D eigenvalue weighted by Gasteiger charge is 2.09. The largest absolute Gasteiger partial charge is 0.353 e. The summed E-state index contributed by atoms with van der Waals surface area (Å²) in [5, 5.41) is 2.47. The van der Waals surface area contributed by atoms with E-state index in [4.69, 9.17) is 0 Å². The molecule has 0 aliphatic heterocycles. The van der Waals surface area contributed by atoms with Crippen molar-refractivity contribution in [3.05, 3.63) is 84.3 Å². The fourth-order valence-electron chi connectivity index (χ4n) is 3.30. The van der Waals surface area contributed by atoms with E-state index in [2.05, 4.69) is 75.2 Å². The van der Waals surface area contributed by atoms with Crippen LogP contribution in [0.4, 0.5) is 0 Å². The van der Waals surface area contributed by atoms with Crippen LogP contribution in [-0.4, -0.2) is 14.4 Å². The van der Waals surface area contributed by atoms with Gasteiger partial charge in [-0.05, 0) is 17.7 Å². The fraction of sp³-hybridized carbons (Fsp3) is 0.0500. The van der Waals surface area contributed by atoms with Crippen LogP contribution in [0.2, 0.25) is 0 Å². The van der Waals surface area contributed by atoms with Crippen LogP contribution >= 0.6 is 0 Å². The van der Waals surface area contributed by atoms with Crippen LogP contribution < -0.4 is 0 Å². The fourth-order valence-corrected chi connectivity index (χ4v) is 3.30. The van der Waals surface area contributed by atoms with Gasteiger partial charge in [0, 0.05) is 40.8 Å². The predicted octanol–water partition coefficient (Wildman–Crippen LogP) is 4.56. The van der Waals surface area contributed by atoms with Crippen molar-refractivity contribution in [1.82, 2.24) is 14.4 Å². The maximum atomic E-state index is 4.60. The van der Waals surface area contributed by atoms with E-state index in [0.29, 0.717) is 0 Å². The molecular weight excluding hydrogens is 282 g/mol. The lowest BCUT2D eigenvalue weighted by molar-refractivity contribution is 1.03. The standard InChI is InChI=1S/C20H15N3/c1-2-6-14(7-3-1)10-15-12-21-20-11-17-16-8-4-5-9-18(16)22-19(17)13-23(15)20/h1-9,11-13,22H,10H2. The molecule has 0 unspecified atom stereocenters. The van der Waals surface area contributed by atoms with Crippen LogP contribution in [0.25, 0.3) is 27.5 Å². The first-order valence-corrected chi connectivity index (χ1v) is 7.79. The first kappa shape index (κ1) is 12.5. The highest BCUT2D eigenvalue weighted by atomic mass is 15.0. The average molecular weight is 297 g/mol. The molecule has 5 aromatic rings. The van der Waals surface area contributed by atoms with Gasteiger partial charge in [0.1, 0.15) is 5.65 Å². The summed E-state index contributed by atoms with van der Waals surface area (Å²) in [7, 11) is 0. The molecule has 1 N–H and O–H groups in total. The van der Waals surface area contributed by atoms with Crippen molar-refractivity contribution in [3.8, 4) is 0 Å². The van der Waals surface area contributed by atoms with Gasteiger partial charge in [0.05, 0.1) is 5.52 Å². The molecule has 3 aromatic heterocycles. The van der Waals surface area contributed by atoms with E-state index in [9.17, 15) is 0 Å². The van der Waals surface area contributed by atoms with Crippen molar-refractivity contribution in [2.45, 2.75) is 6.42 Å². The number of hydrogen-bond acceptors (Lipinski definition) is 1. The Balaban J connectivity index is 1.72. The Morgan fingerprint density at radius 2 is 1.70 bits per heavy atom. The molecule has 0 bridgehead atoms. The maximum Gasteiger partial charge on any atom is 0.137 e. The first-order valence-electron chi connectivity index (χ1n) is 7.79. The molecule has 23 heavy (non-hydrogen) atoms. The highest BCUT2D eigenvalue weighted by molar-refractivity contribution is 6.07. The van der Waals surface area contributed by atoms with Gasteiger partial charge in [-0.15, -0.1) is 0 Å². The number of rotatable bonds is 2. The molecule has 0 atom stereocenters. The van der Waals surface area contributed by atoms with Crippen molar-refractivity contribution in [1.29, 1.82) is 0 Å². The summed E-state index contributed by atoms with van der Waals surface area (Å²) in [6, 6.07) is 21.1. The minimum absolute atomic E-state index is 0.883. The van der Waals surface area contributed by atoms with Crippen LogP contribution in [-0.2, 0) is 6.42 Å². The summed E-state index contributed by atoms with van der Waals surface area (Å²) in [6.45, 7) is 0. The van der Waals surface area contributed by atoms with Gasteiger partial charge in [0.15, 0.2) is 0 Å². The molecular formula is C20H15N3. The van der Waals surface area contributed by atoms with Crippen molar-refractivity contribution in [2.75, 3.05) is 0 Å². The molecule has 3 nitrogen and oxygen atoms in total. The Labute approximate surface area is 133 Å². The average Bonchev–Trinajstić information content (AvgIpc) is 3.15. The van der Waals surface area contributed by atoms with Crippen molar-refractivity contribution >= 4 is 27.5 Å². The molecule has 3 heteroatoms. The SMILES string of the molecule is c1ccc(Cc2cnc3cc4c(cn23)[nH]c2ccccc24)cc1. The van der Waals surface area contributed by atoms with E-state index >= 15 is 0 Å². The molecule has 0 fully saturated rings. The van der Waals surface area contributed by atoms with E-state index in [1.165, 1.54) is 27.5 Å². The Hall–Kier alpha value is -3.07. The molecule has 0 spiro atoms. The second kappa shape index (κ2) is 4.71. The number of pyridine rings is 1. The number of nitrogens with one attached hydrogen (secondary N) is 1. The number of imidazole rings is 1. The number of aromatic nitrogens is 3. The third kappa shape index (κ3) is 1.94. The Kier molecular flexibility index (Phi) is 2.56. The van der Waals surface area contributed by atoms with Gasteiger partial charge in [0.2, 0.25) is 0 Å². The number of hydrogen-bond donors (Lipinski definition) is 1. The Bertz CT molecular complexity index is 1130. The molecule has 0 aliphatic rings. The van der Waals surface area contributed by atoms with Crippen molar-refractivity contribution in [2.24, 2.45) is 0 Å². The lowest BCUT2D eigenvalue weighted by Gasteiger charge is -2.02.